The summed E-state index contributed by atoms with van der Waals surface area (Å²) in [5.41, 5.74) is 2.14. The molecule has 0 amide bonds. The molecular formula is C10H10ClN3. The average Bonchev–Trinajstić information content (AvgIpc) is 2.47. The third kappa shape index (κ3) is 1.63. The van der Waals surface area contributed by atoms with Crippen LogP contribution in [0.25, 0.3) is 5.69 Å². The highest BCUT2D eigenvalue weighted by atomic mass is 35.5. The van der Waals surface area contributed by atoms with Crippen molar-refractivity contribution in [3.05, 3.63) is 40.9 Å². The normalized spacial score (nSPS) is 10.5. The minimum atomic E-state index is 0.395. The fourth-order valence-electron chi connectivity index (χ4n) is 1.24. The zero-order valence-electron chi connectivity index (χ0n) is 8.03. The summed E-state index contributed by atoms with van der Waals surface area (Å²) in [4.78, 5) is 4.03. The standard InChI is InChI=1S/C10H10ClN3/c1-7-3-5-9(6-4-7)14-10(11)12-8(2)13-14/h3-6H,1-2H3. The Hall–Kier alpha value is -1.35. The van der Waals surface area contributed by atoms with E-state index in [0.717, 1.165) is 5.69 Å². The van der Waals surface area contributed by atoms with Crippen LogP contribution in [0.5, 0.6) is 0 Å². The van der Waals surface area contributed by atoms with E-state index in [4.69, 9.17) is 11.6 Å². The SMILES string of the molecule is Cc1ccc(-n2nc(C)nc2Cl)cc1. The van der Waals surface area contributed by atoms with Gasteiger partial charge in [-0.2, -0.15) is 5.10 Å². The first kappa shape index (κ1) is 9.21. The van der Waals surface area contributed by atoms with Crippen molar-refractivity contribution in [1.29, 1.82) is 0 Å². The predicted molar refractivity (Wildman–Crippen MR) is 55.8 cm³/mol. The summed E-state index contributed by atoms with van der Waals surface area (Å²) in [6, 6.07) is 7.97. The molecule has 1 aromatic heterocycles. The number of nitrogens with zero attached hydrogens (tertiary/aromatic N) is 3. The van der Waals surface area contributed by atoms with Crippen molar-refractivity contribution in [2.75, 3.05) is 0 Å². The van der Waals surface area contributed by atoms with Gasteiger partial charge in [0.15, 0.2) is 0 Å². The van der Waals surface area contributed by atoms with E-state index in [1.54, 1.807) is 4.68 Å². The number of hydrogen-bond acceptors (Lipinski definition) is 2. The maximum atomic E-state index is 5.91. The van der Waals surface area contributed by atoms with Gasteiger partial charge in [0.25, 0.3) is 0 Å². The Balaban J connectivity index is 2.49. The molecule has 1 aromatic carbocycles. The summed E-state index contributed by atoms with van der Waals surface area (Å²) in [5, 5.41) is 4.58. The molecule has 2 rings (SSSR count). The van der Waals surface area contributed by atoms with Gasteiger partial charge >= 0.3 is 0 Å². The molecule has 2 aromatic rings. The van der Waals surface area contributed by atoms with Gasteiger partial charge in [-0.25, -0.2) is 9.67 Å². The van der Waals surface area contributed by atoms with Crippen molar-refractivity contribution in [2.24, 2.45) is 0 Å². The van der Waals surface area contributed by atoms with Crippen molar-refractivity contribution in [3.8, 4) is 5.69 Å². The molecule has 72 valence electrons. The van der Waals surface area contributed by atoms with Crippen LogP contribution < -0.4 is 0 Å². The van der Waals surface area contributed by atoms with E-state index >= 15 is 0 Å². The van der Waals surface area contributed by atoms with Crippen molar-refractivity contribution >= 4 is 11.6 Å². The van der Waals surface area contributed by atoms with Crippen LogP contribution in [0.2, 0.25) is 5.28 Å². The smallest absolute Gasteiger partial charge is 0.203 e. The zero-order valence-corrected chi connectivity index (χ0v) is 8.78. The monoisotopic (exact) mass is 207 g/mol. The lowest BCUT2D eigenvalue weighted by Gasteiger charge is -2.01. The number of rotatable bonds is 1. The number of aryl methyl sites for hydroxylation is 2. The first-order chi connectivity index (χ1) is 6.66. The molecule has 0 radical (unpaired) electrons. The van der Waals surface area contributed by atoms with E-state index in [1.807, 2.05) is 38.1 Å². The molecule has 0 bridgehead atoms. The van der Waals surface area contributed by atoms with Gasteiger partial charge in [0.1, 0.15) is 5.82 Å². The minimum Gasteiger partial charge on any atom is -0.203 e. The molecule has 0 unspecified atom stereocenters. The lowest BCUT2D eigenvalue weighted by molar-refractivity contribution is 0.863. The van der Waals surface area contributed by atoms with Crippen molar-refractivity contribution in [1.82, 2.24) is 14.8 Å². The Labute approximate surface area is 87.3 Å². The van der Waals surface area contributed by atoms with E-state index in [2.05, 4.69) is 10.1 Å². The number of hydrogen-bond donors (Lipinski definition) is 0. The van der Waals surface area contributed by atoms with Gasteiger partial charge in [0.2, 0.25) is 5.28 Å². The molecule has 4 heteroatoms. The third-order valence-corrected chi connectivity index (χ3v) is 2.20. The van der Waals surface area contributed by atoms with E-state index < -0.39 is 0 Å². The van der Waals surface area contributed by atoms with Gasteiger partial charge in [-0.05, 0) is 37.6 Å². The Morgan fingerprint density at radius 3 is 2.29 bits per heavy atom. The summed E-state index contributed by atoms with van der Waals surface area (Å²) in [6.45, 7) is 3.86. The summed E-state index contributed by atoms with van der Waals surface area (Å²) in [7, 11) is 0. The lowest BCUT2D eigenvalue weighted by atomic mass is 10.2. The molecule has 0 aliphatic carbocycles. The second kappa shape index (κ2) is 3.42. The molecule has 0 fully saturated rings. The third-order valence-electron chi connectivity index (χ3n) is 1.95. The van der Waals surface area contributed by atoms with Crippen LogP contribution in [0.3, 0.4) is 0 Å². The molecule has 14 heavy (non-hydrogen) atoms. The van der Waals surface area contributed by atoms with E-state index in [9.17, 15) is 0 Å². The van der Waals surface area contributed by atoms with E-state index in [0.29, 0.717) is 11.1 Å². The summed E-state index contributed by atoms with van der Waals surface area (Å²) < 4.78 is 1.62. The fourth-order valence-corrected chi connectivity index (χ4v) is 1.50. The van der Waals surface area contributed by atoms with E-state index in [1.165, 1.54) is 5.56 Å². The highest BCUT2D eigenvalue weighted by Gasteiger charge is 2.05. The molecule has 0 aliphatic heterocycles. The molecule has 0 saturated carbocycles. The molecule has 0 saturated heterocycles. The minimum absolute atomic E-state index is 0.395. The summed E-state index contributed by atoms with van der Waals surface area (Å²) in [5.74, 6) is 0.676. The van der Waals surface area contributed by atoms with Gasteiger partial charge in [-0.1, -0.05) is 17.7 Å². The molecular weight excluding hydrogens is 198 g/mol. The van der Waals surface area contributed by atoms with Crippen molar-refractivity contribution < 1.29 is 0 Å². The van der Waals surface area contributed by atoms with E-state index in [-0.39, 0.29) is 0 Å². The first-order valence-corrected chi connectivity index (χ1v) is 4.71. The van der Waals surface area contributed by atoms with Crippen LogP contribution in [0, 0.1) is 13.8 Å². The Morgan fingerprint density at radius 1 is 1.14 bits per heavy atom. The highest BCUT2D eigenvalue weighted by Crippen LogP contribution is 2.14. The summed E-state index contributed by atoms with van der Waals surface area (Å²) >= 11 is 5.91. The molecule has 0 N–H and O–H groups in total. The maximum Gasteiger partial charge on any atom is 0.225 e. The predicted octanol–water partition coefficient (Wildman–Crippen LogP) is 2.54. The first-order valence-electron chi connectivity index (χ1n) is 4.33. The maximum absolute atomic E-state index is 5.91. The number of aromatic nitrogens is 3. The molecule has 0 spiro atoms. The highest BCUT2D eigenvalue weighted by molar-refractivity contribution is 6.28. The Morgan fingerprint density at radius 2 is 1.79 bits per heavy atom. The quantitative estimate of drug-likeness (QED) is 0.720. The number of benzene rings is 1. The Kier molecular flexibility index (Phi) is 2.25. The van der Waals surface area contributed by atoms with Crippen LogP contribution in [0.4, 0.5) is 0 Å². The molecule has 0 aliphatic rings. The fraction of sp³-hybridized carbons (Fsp3) is 0.200. The van der Waals surface area contributed by atoms with Crippen LogP contribution in [0.15, 0.2) is 24.3 Å². The van der Waals surface area contributed by atoms with Gasteiger partial charge in [0, 0.05) is 0 Å². The second-order valence-corrected chi connectivity index (χ2v) is 3.51. The summed E-state index contributed by atoms with van der Waals surface area (Å²) in [6.07, 6.45) is 0. The number of halogens is 1. The molecule has 0 atom stereocenters. The van der Waals surface area contributed by atoms with Crippen LogP contribution >= 0.6 is 11.6 Å². The molecule has 3 nitrogen and oxygen atoms in total. The van der Waals surface area contributed by atoms with Crippen molar-refractivity contribution in [2.45, 2.75) is 13.8 Å². The largest absolute Gasteiger partial charge is 0.225 e. The second-order valence-electron chi connectivity index (χ2n) is 3.18. The van der Waals surface area contributed by atoms with Crippen molar-refractivity contribution in [3.63, 3.8) is 0 Å². The van der Waals surface area contributed by atoms with Gasteiger partial charge in [0.05, 0.1) is 5.69 Å². The molecule has 1 heterocycles. The Bertz CT molecular complexity index is 445. The van der Waals surface area contributed by atoms with Gasteiger partial charge < -0.3 is 0 Å². The average molecular weight is 208 g/mol. The topological polar surface area (TPSA) is 30.7 Å². The van der Waals surface area contributed by atoms with Gasteiger partial charge in [-0.15, -0.1) is 0 Å². The zero-order chi connectivity index (χ0) is 10.1. The lowest BCUT2D eigenvalue weighted by Crippen LogP contribution is -1.96. The van der Waals surface area contributed by atoms with Gasteiger partial charge in [-0.3, -0.25) is 0 Å². The van der Waals surface area contributed by atoms with Crippen LogP contribution in [0.1, 0.15) is 11.4 Å². The van der Waals surface area contributed by atoms with Crippen LogP contribution in [-0.2, 0) is 0 Å². The van der Waals surface area contributed by atoms with Crippen LogP contribution in [-0.4, -0.2) is 14.8 Å².